The highest BCUT2D eigenvalue weighted by atomic mass is 32.2. The molecule has 0 aromatic heterocycles. The van der Waals surface area contributed by atoms with Crippen LogP contribution in [0.25, 0.3) is 0 Å². The molecule has 1 atom stereocenters. The molecule has 7 heteroatoms. The van der Waals surface area contributed by atoms with Crippen molar-refractivity contribution >= 4 is 16.8 Å². The van der Waals surface area contributed by atoms with E-state index in [2.05, 4.69) is 27.4 Å². The minimum Gasteiger partial charge on any atom is -0.379 e. The summed E-state index contributed by atoms with van der Waals surface area (Å²) in [6, 6.07) is 0. The van der Waals surface area contributed by atoms with Crippen molar-refractivity contribution in [2.45, 2.75) is 38.9 Å². The molecule has 0 spiro atoms. The molecule has 0 aromatic carbocycles. The lowest BCUT2D eigenvalue weighted by molar-refractivity contribution is 0.0377. The maximum Gasteiger partial charge on any atom is 0.191 e. The van der Waals surface area contributed by atoms with Crippen molar-refractivity contribution in [1.29, 1.82) is 0 Å². The first kappa shape index (κ1) is 20.4. The average molecular weight is 347 g/mol. The summed E-state index contributed by atoms with van der Waals surface area (Å²) in [7, 11) is -0.832. The van der Waals surface area contributed by atoms with Gasteiger partial charge in [0.1, 0.15) is 0 Å². The van der Waals surface area contributed by atoms with Crippen LogP contribution in [0.4, 0.5) is 0 Å². The molecule has 1 aliphatic heterocycles. The Morgan fingerprint density at radius 1 is 1.26 bits per heavy atom. The molecule has 1 fully saturated rings. The number of aliphatic imine (C=N–C) groups is 1. The molecule has 0 aliphatic carbocycles. The predicted octanol–water partition coefficient (Wildman–Crippen LogP) is 0.811. The lowest BCUT2D eigenvalue weighted by Crippen LogP contribution is -2.40. The smallest absolute Gasteiger partial charge is 0.191 e. The highest BCUT2D eigenvalue weighted by Crippen LogP contribution is 2.10. The molecule has 1 rings (SSSR count). The third-order valence-electron chi connectivity index (χ3n) is 3.61. The highest BCUT2D eigenvalue weighted by Gasteiger charge is 2.18. The molecule has 136 valence electrons. The van der Waals surface area contributed by atoms with Gasteiger partial charge < -0.3 is 15.4 Å². The number of morpholine rings is 1. The lowest BCUT2D eigenvalue weighted by atomic mass is 10.3. The summed E-state index contributed by atoms with van der Waals surface area (Å²) >= 11 is 0. The Kier molecular flexibility index (Phi) is 9.74. The zero-order chi connectivity index (χ0) is 17.1. The van der Waals surface area contributed by atoms with E-state index in [1.807, 2.05) is 20.8 Å². The number of nitrogens with one attached hydrogen (secondary N) is 2. The largest absolute Gasteiger partial charge is 0.379 e. The van der Waals surface area contributed by atoms with Crippen molar-refractivity contribution in [2.24, 2.45) is 4.99 Å². The molecule has 6 nitrogen and oxygen atoms in total. The molecule has 1 aliphatic rings. The van der Waals surface area contributed by atoms with Crippen molar-refractivity contribution in [3.05, 3.63) is 0 Å². The second kappa shape index (κ2) is 11.0. The van der Waals surface area contributed by atoms with Crippen LogP contribution in [0, 0.1) is 0 Å². The maximum absolute atomic E-state index is 12.0. The fourth-order valence-corrected chi connectivity index (χ4v) is 3.12. The van der Waals surface area contributed by atoms with Crippen LogP contribution in [-0.2, 0) is 15.5 Å². The van der Waals surface area contributed by atoms with Crippen molar-refractivity contribution in [2.75, 3.05) is 58.2 Å². The Morgan fingerprint density at radius 3 is 2.57 bits per heavy atom. The number of rotatable bonds is 8. The zero-order valence-electron chi connectivity index (χ0n) is 15.2. The van der Waals surface area contributed by atoms with Crippen molar-refractivity contribution in [1.82, 2.24) is 15.5 Å². The van der Waals surface area contributed by atoms with Crippen LogP contribution in [-0.4, -0.2) is 78.1 Å². The van der Waals surface area contributed by atoms with Gasteiger partial charge in [-0.15, -0.1) is 0 Å². The first-order valence-corrected chi connectivity index (χ1v) is 9.96. The van der Waals surface area contributed by atoms with E-state index in [0.29, 0.717) is 12.3 Å². The molecule has 1 unspecified atom stereocenters. The van der Waals surface area contributed by atoms with Crippen LogP contribution >= 0.6 is 0 Å². The van der Waals surface area contributed by atoms with E-state index in [1.165, 1.54) is 0 Å². The monoisotopic (exact) mass is 346 g/mol. The maximum atomic E-state index is 12.0. The molecule has 0 radical (unpaired) electrons. The van der Waals surface area contributed by atoms with E-state index in [4.69, 9.17) is 4.74 Å². The zero-order valence-corrected chi connectivity index (χ0v) is 16.0. The quantitative estimate of drug-likeness (QED) is 0.387. The number of nitrogens with zero attached hydrogens (tertiary/aromatic N) is 2. The lowest BCUT2D eigenvalue weighted by Gasteiger charge is -2.26. The Bertz CT molecular complexity index is 377. The molecule has 0 bridgehead atoms. The molecule has 1 saturated heterocycles. The Labute approximate surface area is 143 Å². The van der Waals surface area contributed by atoms with Crippen molar-refractivity contribution < 1.29 is 8.95 Å². The van der Waals surface area contributed by atoms with Gasteiger partial charge in [-0.05, 0) is 34.1 Å². The summed E-state index contributed by atoms with van der Waals surface area (Å²) < 4.78 is 17.2. The first-order valence-electron chi connectivity index (χ1n) is 8.64. The minimum absolute atomic E-state index is 0.157. The summed E-state index contributed by atoms with van der Waals surface area (Å²) in [4.78, 5) is 7.02. The molecule has 0 saturated carbocycles. The molecular weight excluding hydrogens is 312 g/mol. The van der Waals surface area contributed by atoms with Crippen molar-refractivity contribution in [3.63, 3.8) is 0 Å². The molecule has 1 heterocycles. The third kappa shape index (κ3) is 9.27. The molecule has 23 heavy (non-hydrogen) atoms. The van der Waals surface area contributed by atoms with E-state index < -0.39 is 10.8 Å². The molecule has 0 amide bonds. The van der Waals surface area contributed by atoms with Crippen LogP contribution in [0.1, 0.15) is 34.1 Å². The van der Waals surface area contributed by atoms with Crippen molar-refractivity contribution in [3.8, 4) is 0 Å². The average Bonchev–Trinajstić information content (AvgIpc) is 2.51. The normalized spacial score (nSPS) is 18.7. The summed E-state index contributed by atoms with van der Waals surface area (Å²) in [6.07, 6.45) is 1.05. The van der Waals surface area contributed by atoms with Crippen LogP contribution in [0.2, 0.25) is 0 Å². The van der Waals surface area contributed by atoms with Crippen LogP contribution < -0.4 is 10.6 Å². The van der Waals surface area contributed by atoms with Gasteiger partial charge in [-0.1, -0.05) is 0 Å². The third-order valence-corrected chi connectivity index (χ3v) is 5.55. The van der Waals surface area contributed by atoms with Gasteiger partial charge in [0.25, 0.3) is 0 Å². The first-order chi connectivity index (χ1) is 10.9. The van der Waals surface area contributed by atoms with Crippen LogP contribution in [0.15, 0.2) is 4.99 Å². The second-order valence-corrected chi connectivity index (χ2v) is 8.98. The van der Waals surface area contributed by atoms with E-state index in [0.717, 1.165) is 58.3 Å². The topological polar surface area (TPSA) is 66.0 Å². The van der Waals surface area contributed by atoms with E-state index in [-0.39, 0.29) is 4.75 Å². The fourth-order valence-electron chi connectivity index (χ4n) is 2.22. The number of guanidine groups is 1. The number of ether oxygens (including phenoxy) is 1. The van der Waals surface area contributed by atoms with Gasteiger partial charge in [0.15, 0.2) is 5.96 Å². The number of hydrogen-bond acceptors (Lipinski definition) is 4. The summed E-state index contributed by atoms with van der Waals surface area (Å²) in [5.74, 6) is 1.46. The van der Waals surface area contributed by atoms with Gasteiger partial charge in [0.05, 0.1) is 13.2 Å². The molecule has 0 aromatic rings. The summed E-state index contributed by atoms with van der Waals surface area (Å²) in [5.41, 5.74) is 0. The van der Waals surface area contributed by atoms with Gasteiger partial charge in [-0.25, -0.2) is 0 Å². The highest BCUT2D eigenvalue weighted by molar-refractivity contribution is 7.86. The Morgan fingerprint density at radius 2 is 1.96 bits per heavy atom. The van der Waals surface area contributed by atoms with Gasteiger partial charge in [-0.2, -0.15) is 0 Å². The van der Waals surface area contributed by atoms with E-state index in [1.54, 1.807) is 0 Å². The van der Waals surface area contributed by atoms with E-state index in [9.17, 15) is 4.21 Å². The summed E-state index contributed by atoms with van der Waals surface area (Å²) in [5, 5.41) is 6.51. The molecular formula is C16H34N4O2S. The van der Waals surface area contributed by atoms with Crippen LogP contribution in [0.3, 0.4) is 0 Å². The van der Waals surface area contributed by atoms with Gasteiger partial charge >= 0.3 is 0 Å². The van der Waals surface area contributed by atoms with Crippen LogP contribution in [0.5, 0.6) is 0 Å². The SMILES string of the molecule is CCNC(=NCCCN1CCOCC1)NCCS(=O)C(C)(C)C. The minimum atomic E-state index is -0.832. The van der Waals surface area contributed by atoms with Gasteiger partial charge in [0, 0.05) is 60.6 Å². The Hall–Kier alpha value is -0.660. The van der Waals surface area contributed by atoms with E-state index >= 15 is 0 Å². The predicted molar refractivity (Wildman–Crippen MR) is 98.6 cm³/mol. The van der Waals surface area contributed by atoms with Gasteiger partial charge in [0.2, 0.25) is 0 Å². The molecule has 2 N–H and O–H groups in total. The second-order valence-electron chi connectivity index (χ2n) is 6.66. The standard InChI is InChI=1S/C16H34N4O2S/c1-5-17-15(19-8-14-23(21)16(2,3)4)18-7-6-9-20-10-12-22-13-11-20/h5-14H2,1-4H3,(H2,17,18,19). The fraction of sp³-hybridized carbons (Fsp3) is 0.938. The Balaban J connectivity index is 2.25. The van der Waals surface area contributed by atoms with Gasteiger partial charge in [-0.3, -0.25) is 14.1 Å². The number of hydrogen-bond donors (Lipinski definition) is 2. The summed E-state index contributed by atoms with van der Waals surface area (Å²) in [6.45, 7) is 15.2.